The average Bonchev–Trinajstić information content (AvgIpc) is 2.60. The standard InChI is InChI=1S/C12H17NS/c1-5-9(3)11-8-14-12(7-13-4)10(11)6-2/h6-9H,2,5H2,1,3-4H3. The number of hydrogen-bond acceptors (Lipinski definition) is 2. The number of aliphatic imine (C=N–C) groups is 1. The lowest BCUT2D eigenvalue weighted by molar-refractivity contribution is 0.735. The molecule has 0 N–H and O–H groups in total. The van der Waals surface area contributed by atoms with Crippen LogP contribution < -0.4 is 0 Å². The Labute approximate surface area is 90.2 Å². The molecule has 14 heavy (non-hydrogen) atoms. The summed E-state index contributed by atoms with van der Waals surface area (Å²) in [6.45, 7) is 8.33. The van der Waals surface area contributed by atoms with Gasteiger partial charge in [-0.15, -0.1) is 11.3 Å². The third-order valence-electron chi connectivity index (χ3n) is 2.48. The van der Waals surface area contributed by atoms with Gasteiger partial charge >= 0.3 is 0 Å². The van der Waals surface area contributed by atoms with Crippen LogP contribution >= 0.6 is 11.3 Å². The Kier molecular flexibility index (Phi) is 4.08. The molecule has 0 radical (unpaired) electrons. The third-order valence-corrected chi connectivity index (χ3v) is 3.43. The van der Waals surface area contributed by atoms with Crippen molar-refractivity contribution in [2.45, 2.75) is 26.2 Å². The van der Waals surface area contributed by atoms with Gasteiger partial charge in [-0.05, 0) is 28.8 Å². The first-order chi connectivity index (χ1) is 6.74. The molecule has 1 rings (SSSR count). The Balaban J connectivity index is 3.13. The summed E-state index contributed by atoms with van der Waals surface area (Å²) < 4.78 is 0. The van der Waals surface area contributed by atoms with E-state index in [2.05, 4.69) is 30.8 Å². The summed E-state index contributed by atoms with van der Waals surface area (Å²) in [5.41, 5.74) is 2.66. The summed E-state index contributed by atoms with van der Waals surface area (Å²) >= 11 is 1.75. The zero-order valence-electron chi connectivity index (χ0n) is 9.08. The van der Waals surface area contributed by atoms with E-state index in [9.17, 15) is 0 Å². The van der Waals surface area contributed by atoms with Crippen molar-refractivity contribution in [2.24, 2.45) is 4.99 Å². The molecule has 0 saturated carbocycles. The molecule has 0 aliphatic heterocycles. The molecule has 0 aliphatic rings. The predicted molar refractivity (Wildman–Crippen MR) is 66.6 cm³/mol. The van der Waals surface area contributed by atoms with E-state index in [-0.39, 0.29) is 0 Å². The maximum Gasteiger partial charge on any atom is 0.0523 e. The minimum absolute atomic E-state index is 0.609. The second-order valence-corrected chi connectivity index (χ2v) is 4.28. The van der Waals surface area contributed by atoms with E-state index in [0.29, 0.717) is 5.92 Å². The maximum absolute atomic E-state index is 4.05. The second kappa shape index (κ2) is 5.11. The monoisotopic (exact) mass is 207 g/mol. The smallest absolute Gasteiger partial charge is 0.0523 e. The normalized spacial score (nSPS) is 13.4. The van der Waals surface area contributed by atoms with E-state index in [1.165, 1.54) is 22.4 Å². The van der Waals surface area contributed by atoms with E-state index in [4.69, 9.17) is 0 Å². The largest absolute Gasteiger partial charge is 0.295 e. The molecular weight excluding hydrogens is 190 g/mol. The molecule has 2 heteroatoms. The van der Waals surface area contributed by atoms with E-state index < -0.39 is 0 Å². The Morgan fingerprint density at radius 3 is 2.86 bits per heavy atom. The molecule has 0 amide bonds. The molecule has 0 spiro atoms. The number of rotatable bonds is 4. The minimum Gasteiger partial charge on any atom is -0.295 e. The van der Waals surface area contributed by atoms with E-state index in [1.807, 2.05) is 12.3 Å². The van der Waals surface area contributed by atoms with Crippen LogP contribution in [0, 0.1) is 0 Å². The van der Waals surface area contributed by atoms with Crippen LogP contribution in [0.15, 0.2) is 17.0 Å². The quantitative estimate of drug-likeness (QED) is 0.663. The lowest BCUT2D eigenvalue weighted by Crippen LogP contribution is -1.92. The molecular formula is C12H17NS. The third kappa shape index (κ3) is 2.13. The van der Waals surface area contributed by atoms with Crippen LogP contribution in [0.4, 0.5) is 0 Å². The summed E-state index contributed by atoms with van der Waals surface area (Å²) in [5, 5.41) is 2.22. The van der Waals surface area contributed by atoms with Crippen molar-refractivity contribution in [1.82, 2.24) is 0 Å². The van der Waals surface area contributed by atoms with Gasteiger partial charge in [-0.25, -0.2) is 0 Å². The summed E-state index contributed by atoms with van der Waals surface area (Å²) in [6, 6.07) is 0. The molecule has 1 heterocycles. The van der Waals surface area contributed by atoms with Gasteiger partial charge in [0.25, 0.3) is 0 Å². The molecule has 0 saturated heterocycles. The summed E-state index contributed by atoms with van der Waals surface area (Å²) in [5.74, 6) is 0.609. The molecule has 1 nitrogen and oxygen atoms in total. The summed E-state index contributed by atoms with van der Waals surface area (Å²) in [6.07, 6.45) is 5.02. The fourth-order valence-electron chi connectivity index (χ4n) is 1.43. The van der Waals surface area contributed by atoms with Gasteiger partial charge in [0.15, 0.2) is 0 Å². The van der Waals surface area contributed by atoms with Crippen molar-refractivity contribution in [3.63, 3.8) is 0 Å². The average molecular weight is 207 g/mol. The second-order valence-electron chi connectivity index (χ2n) is 3.37. The van der Waals surface area contributed by atoms with Gasteiger partial charge in [-0.3, -0.25) is 4.99 Å². The van der Waals surface area contributed by atoms with Gasteiger partial charge in [0.05, 0.1) is 4.88 Å². The lowest BCUT2D eigenvalue weighted by Gasteiger charge is -2.07. The Hall–Kier alpha value is -0.890. The molecule has 0 bridgehead atoms. The maximum atomic E-state index is 4.05. The van der Waals surface area contributed by atoms with Crippen LogP contribution in [0.25, 0.3) is 6.08 Å². The zero-order chi connectivity index (χ0) is 10.6. The van der Waals surface area contributed by atoms with Gasteiger partial charge in [0.1, 0.15) is 0 Å². The summed E-state index contributed by atoms with van der Waals surface area (Å²) in [7, 11) is 1.80. The van der Waals surface area contributed by atoms with Gasteiger partial charge in [-0.2, -0.15) is 0 Å². The van der Waals surface area contributed by atoms with Crippen molar-refractivity contribution in [3.8, 4) is 0 Å². The molecule has 1 aromatic rings. The first-order valence-corrected chi connectivity index (χ1v) is 5.78. The molecule has 0 aliphatic carbocycles. The van der Waals surface area contributed by atoms with Crippen LogP contribution in [0.5, 0.6) is 0 Å². The number of thiophene rings is 1. The highest BCUT2D eigenvalue weighted by molar-refractivity contribution is 7.12. The Morgan fingerprint density at radius 2 is 2.36 bits per heavy atom. The van der Waals surface area contributed by atoms with Crippen molar-refractivity contribution in [1.29, 1.82) is 0 Å². The van der Waals surface area contributed by atoms with Crippen molar-refractivity contribution >= 4 is 23.6 Å². The fraction of sp³-hybridized carbons (Fsp3) is 0.417. The van der Waals surface area contributed by atoms with Crippen molar-refractivity contribution in [3.05, 3.63) is 28.0 Å². The van der Waals surface area contributed by atoms with Gasteiger partial charge in [-0.1, -0.05) is 26.5 Å². The van der Waals surface area contributed by atoms with Crippen LogP contribution in [-0.2, 0) is 0 Å². The molecule has 0 aromatic carbocycles. The molecule has 1 atom stereocenters. The highest BCUT2D eigenvalue weighted by Crippen LogP contribution is 2.30. The minimum atomic E-state index is 0.609. The predicted octanol–water partition coefficient (Wildman–Crippen LogP) is 3.95. The first kappa shape index (κ1) is 11.2. The highest BCUT2D eigenvalue weighted by atomic mass is 32.1. The topological polar surface area (TPSA) is 12.4 Å². The molecule has 1 unspecified atom stereocenters. The Bertz CT molecular complexity index is 336. The van der Waals surface area contributed by atoms with Gasteiger partial charge in [0, 0.05) is 13.3 Å². The Morgan fingerprint density at radius 1 is 1.64 bits per heavy atom. The lowest BCUT2D eigenvalue weighted by atomic mass is 9.96. The molecule has 0 fully saturated rings. The highest BCUT2D eigenvalue weighted by Gasteiger charge is 2.11. The van der Waals surface area contributed by atoms with Crippen LogP contribution in [0.1, 0.15) is 42.2 Å². The molecule has 1 aromatic heterocycles. The molecule has 76 valence electrons. The fourth-order valence-corrected chi connectivity index (χ4v) is 2.54. The van der Waals surface area contributed by atoms with Gasteiger partial charge < -0.3 is 0 Å². The van der Waals surface area contributed by atoms with Gasteiger partial charge in [0.2, 0.25) is 0 Å². The van der Waals surface area contributed by atoms with Crippen LogP contribution in [0.3, 0.4) is 0 Å². The SMILES string of the molecule is C=Cc1c(C(C)CC)csc1C=NC. The van der Waals surface area contributed by atoms with Crippen LogP contribution in [0.2, 0.25) is 0 Å². The van der Waals surface area contributed by atoms with E-state index in [0.717, 1.165) is 0 Å². The summed E-state index contributed by atoms with van der Waals surface area (Å²) in [4.78, 5) is 5.27. The zero-order valence-corrected chi connectivity index (χ0v) is 9.90. The number of hydrogen-bond donors (Lipinski definition) is 0. The van der Waals surface area contributed by atoms with E-state index in [1.54, 1.807) is 18.4 Å². The number of nitrogens with zero attached hydrogens (tertiary/aromatic N) is 1. The van der Waals surface area contributed by atoms with Crippen molar-refractivity contribution < 1.29 is 0 Å². The first-order valence-electron chi connectivity index (χ1n) is 4.90. The van der Waals surface area contributed by atoms with Crippen molar-refractivity contribution in [2.75, 3.05) is 7.05 Å². The van der Waals surface area contributed by atoms with Crippen LogP contribution in [-0.4, -0.2) is 13.3 Å². The van der Waals surface area contributed by atoms with E-state index >= 15 is 0 Å².